The fourth-order valence-electron chi connectivity index (χ4n) is 3.20. The molecule has 0 atom stereocenters. The van der Waals surface area contributed by atoms with Gasteiger partial charge in [0.2, 0.25) is 0 Å². The molecule has 5 heteroatoms. The molecule has 0 aromatic carbocycles. The van der Waals surface area contributed by atoms with Crippen molar-refractivity contribution >= 4 is 27.5 Å². The number of hydrogen-bond donors (Lipinski definition) is 2. The monoisotopic (exact) mass is 333 g/mol. The molecule has 1 amide bonds. The summed E-state index contributed by atoms with van der Waals surface area (Å²) in [5.41, 5.74) is 2.96. The first-order valence-electron chi connectivity index (χ1n) is 8.49. The molecule has 1 aliphatic heterocycles. The molecular formula is C18H27N3OS. The SMILES string of the molecule is Cc1sc2cc(C(=O)NC(C)(C)C)[nH]c2c1CN1CCCCC1. The number of amides is 1. The van der Waals surface area contributed by atoms with Gasteiger partial charge in [0.15, 0.2) is 0 Å². The Hall–Kier alpha value is -1.33. The molecule has 0 saturated carbocycles. The van der Waals surface area contributed by atoms with Crippen molar-refractivity contribution < 1.29 is 4.79 Å². The van der Waals surface area contributed by atoms with Crippen LogP contribution in [0.15, 0.2) is 6.07 Å². The molecule has 23 heavy (non-hydrogen) atoms. The summed E-state index contributed by atoms with van der Waals surface area (Å²) in [6.45, 7) is 11.6. The van der Waals surface area contributed by atoms with E-state index in [1.807, 2.05) is 26.8 Å². The first kappa shape index (κ1) is 16.5. The van der Waals surface area contributed by atoms with Crippen LogP contribution in [0.5, 0.6) is 0 Å². The van der Waals surface area contributed by atoms with Crippen LogP contribution in [0.2, 0.25) is 0 Å². The predicted octanol–water partition coefficient (Wildman–Crippen LogP) is 4.05. The fourth-order valence-corrected chi connectivity index (χ4v) is 4.28. The molecule has 3 rings (SSSR count). The number of nitrogens with one attached hydrogen (secondary N) is 2. The standard InChI is InChI=1S/C18H27N3OS/c1-12-13(11-21-8-6-5-7-9-21)16-15(23-12)10-14(19-16)17(22)20-18(2,3)4/h10,19H,5-9,11H2,1-4H3,(H,20,22). The molecule has 0 aliphatic carbocycles. The van der Waals surface area contributed by atoms with E-state index in [-0.39, 0.29) is 11.4 Å². The Balaban J connectivity index is 1.84. The van der Waals surface area contributed by atoms with Gasteiger partial charge in [-0.25, -0.2) is 0 Å². The van der Waals surface area contributed by atoms with Gasteiger partial charge in [0, 0.05) is 22.5 Å². The highest BCUT2D eigenvalue weighted by atomic mass is 32.1. The third kappa shape index (κ3) is 3.78. The minimum atomic E-state index is -0.220. The van der Waals surface area contributed by atoms with E-state index >= 15 is 0 Å². The van der Waals surface area contributed by atoms with Crippen LogP contribution in [-0.2, 0) is 6.54 Å². The molecule has 126 valence electrons. The number of aromatic nitrogens is 1. The van der Waals surface area contributed by atoms with Gasteiger partial charge in [-0.2, -0.15) is 0 Å². The van der Waals surface area contributed by atoms with E-state index in [4.69, 9.17) is 0 Å². The van der Waals surface area contributed by atoms with Gasteiger partial charge < -0.3 is 10.3 Å². The Morgan fingerprint density at radius 3 is 2.65 bits per heavy atom. The van der Waals surface area contributed by atoms with Crippen molar-refractivity contribution in [3.8, 4) is 0 Å². The van der Waals surface area contributed by atoms with Gasteiger partial charge in [0.25, 0.3) is 5.91 Å². The molecule has 2 aromatic rings. The van der Waals surface area contributed by atoms with Crippen molar-refractivity contribution in [1.82, 2.24) is 15.2 Å². The normalized spacial score (nSPS) is 16.9. The van der Waals surface area contributed by atoms with E-state index in [9.17, 15) is 4.79 Å². The lowest BCUT2D eigenvalue weighted by Crippen LogP contribution is -2.40. The summed E-state index contributed by atoms with van der Waals surface area (Å²) in [7, 11) is 0. The number of piperidine rings is 1. The van der Waals surface area contributed by atoms with Crippen LogP contribution >= 0.6 is 11.3 Å². The summed E-state index contributed by atoms with van der Waals surface area (Å²) in [4.78, 5) is 19.6. The summed E-state index contributed by atoms with van der Waals surface area (Å²) in [6, 6.07) is 1.99. The molecular weight excluding hydrogens is 306 g/mol. The van der Waals surface area contributed by atoms with Gasteiger partial charge in [0.1, 0.15) is 5.69 Å². The molecule has 1 aliphatic rings. The number of hydrogen-bond acceptors (Lipinski definition) is 3. The average molecular weight is 334 g/mol. The Kier molecular flexibility index (Phi) is 4.52. The number of nitrogens with zero attached hydrogens (tertiary/aromatic N) is 1. The van der Waals surface area contributed by atoms with Gasteiger partial charge in [-0.3, -0.25) is 9.69 Å². The quantitative estimate of drug-likeness (QED) is 0.890. The smallest absolute Gasteiger partial charge is 0.268 e. The maximum atomic E-state index is 12.4. The number of carbonyl (C=O) groups is 1. The highest BCUT2D eigenvalue weighted by Gasteiger charge is 2.21. The summed E-state index contributed by atoms with van der Waals surface area (Å²) < 4.78 is 1.19. The van der Waals surface area contributed by atoms with E-state index in [2.05, 4.69) is 22.1 Å². The van der Waals surface area contributed by atoms with Crippen LogP contribution in [-0.4, -0.2) is 34.4 Å². The lowest BCUT2D eigenvalue weighted by molar-refractivity contribution is 0.0915. The van der Waals surface area contributed by atoms with Crippen LogP contribution in [0.1, 0.15) is 61.0 Å². The van der Waals surface area contributed by atoms with Gasteiger partial charge in [-0.15, -0.1) is 11.3 Å². The second kappa shape index (κ2) is 6.29. The summed E-state index contributed by atoms with van der Waals surface area (Å²) in [6.07, 6.45) is 3.96. The molecule has 1 fully saturated rings. The van der Waals surface area contributed by atoms with Crippen molar-refractivity contribution in [3.05, 3.63) is 22.2 Å². The van der Waals surface area contributed by atoms with E-state index in [0.29, 0.717) is 5.69 Å². The Morgan fingerprint density at radius 2 is 2.00 bits per heavy atom. The second-order valence-corrected chi connectivity index (χ2v) is 8.86. The number of thiophene rings is 1. The first-order valence-corrected chi connectivity index (χ1v) is 9.31. The molecule has 4 nitrogen and oxygen atoms in total. The maximum absolute atomic E-state index is 12.4. The number of aromatic amines is 1. The molecule has 2 N–H and O–H groups in total. The van der Waals surface area contributed by atoms with E-state index in [1.165, 1.54) is 47.5 Å². The summed E-state index contributed by atoms with van der Waals surface area (Å²) in [5, 5.41) is 3.03. The van der Waals surface area contributed by atoms with Crippen molar-refractivity contribution in [2.24, 2.45) is 0 Å². The molecule has 0 unspecified atom stereocenters. The van der Waals surface area contributed by atoms with Crippen LogP contribution in [0, 0.1) is 6.92 Å². The van der Waals surface area contributed by atoms with Gasteiger partial charge in [-0.1, -0.05) is 6.42 Å². The molecule has 0 bridgehead atoms. The molecule has 0 spiro atoms. The molecule has 2 aromatic heterocycles. The molecule has 3 heterocycles. The van der Waals surface area contributed by atoms with E-state index in [1.54, 1.807) is 11.3 Å². The summed E-state index contributed by atoms with van der Waals surface area (Å²) >= 11 is 1.79. The zero-order valence-corrected chi connectivity index (χ0v) is 15.4. The van der Waals surface area contributed by atoms with Crippen molar-refractivity contribution in [3.63, 3.8) is 0 Å². The van der Waals surface area contributed by atoms with Crippen molar-refractivity contribution in [2.75, 3.05) is 13.1 Å². The third-order valence-electron chi connectivity index (χ3n) is 4.33. The highest BCUT2D eigenvalue weighted by molar-refractivity contribution is 7.19. The zero-order valence-electron chi connectivity index (χ0n) is 14.6. The van der Waals surface area contributed by atoms with E-state index in [0.717, 1.165) is 12.1 Å². The minimum Gasteiger partial charge on any atom is -0.350 e. The number of rotatable bonds is 3. The zero-order chi connectivity index (χ0) is 16.6. The van der Waals surface area contributed by atoms with Crippen LogP contribution in [0.25, 0.3) is 10.2 Å². The molecule has 1 saturated heterocycles. The Bertz CT molecular complexity index is 702. The van der Waals surface area contributed by atoms with Gasteiger partial charge in [0.05, 0.1) is 10.2 Å². The first-order chi connectivity index (χ1) is 10.8. The second-order valence-electron chi connectivity index (χ2n) is 7.60. The van der Waals surface area contributed by atoms with Crippen molar-refractivity contribution in [1.29, 1.82) is 0 Å². The lowest BCUT2D eigenvalue weighted by Gasteiger charge is -2.26. The van der Waals surface area contributed by atoms with E-state index < -0.39 is 0 Å². The number of carbonyl (C=O) groups excluding carboxylic acids is 1. The Morgan fingerprint density at radius 1 is 1.30 bits per heavy atom. The van der Waals surface area contributed by atoms with Gasteiger partial charge >= 0.3 is 0 Å². The average Bonchev–Trinajstić information content (AvgIpc) is 2.98. The van der Waals surface area contributed by atoms with Crippen LogP contribution in [0.3, 0.4) is 0 Å². The number of aryl methyl sites for hydroxylation is 1. The van der Waals surface area contributed by atoms with Crippen LogP contribution in [0.4, 0.5) is 0 Å². The number of H-pyrrole nitrogens is 1. The molecule has 0 radical (unpaired) electrons. The minimum absolute atomic E-state index is 0.0255. The largest absolute Gasteiger partial charge is 0.350 e. The third-order valence-corrected chi connectivity index (χ3v) is 5.43. The maximum Gasteiger partial charge on any atom is 0.268 e. The predicted molar refractivity (Wildman–Crippen MR) is 97.3 cm³/mol. The Labute approximate surface area is 142 Å². The van der Waals surface area contributed by atoms with Crippen molar-refractivity contribution in [2.45, 2.75) is 59.0 Å². The van der Waals surface area contributed by atoms with Crippen LogP contribution < -0.4 is 5.32 Å². The topological polar surface area (TPSA) is 48.1 Å². The van der Waals surface area contributed by atoms with Gasteiger partial charge in [-0.05, 0) is 59.7 Å². The highest BCUT2D eigenvalue weighted by Crippen LogP contribution is 2.32. The number of likely N-dealkylation sites (tertiary alicyclic amines) is 1. The summed E-state index contributed by atoms with van der Waals surface area (Å²) in [5.74, 6) is -0.0255. The lowest BCUT2D eigenvalue weighted by atomic mass is 10.1. The fraction of sp³-hybridized carbons (Fsp3) is 0.611. The number of fused-ring (bicyclic) bond motifs is 1.